The molecule has 2 unspecified atom stereocenters. The molecule has 100 valence electrons. The molecule has 2 atom stereocenters. The zero-order chi connectivity index (χ0) is 13.2. The van der Waals surface area contributed by atoms with Crippen LogP contribution in [0.4, 0.5) is 0 Å². The van der Waals surface area contributed by atoms with Gasteiger partial charge in [0.1, 0.15) is 5.37 Å². The quantitative estimate of drug-likeness (QED) is 0.779. The highest BCUT2D eigenvalue weighted by Crippen LogP contribution is 2.40. The van der Waals surface area contributed by atoms with Crippen LogP contribution in [0.2, 0.25) is 0 Å². The van der Waals surface area contributed by atoms with Gasteiger partial charge in [0, 0.05) is 17.9 Å². The molecule has 0 saturated carbocycles. The van der Waals surface area contributed by atoms with Gasteiger partial charge in [0.2, 0.25) is 0 Å². The van der Waals surface area contributed by atoms with Crippen molar-refractivity contribution in [3.05, 3.63) is 34.9 Å². The van der Waals surface area contributed by atoms with Crippen LogP contribution in [-0.4, -0.2) is 30.4 Å². The molecular formula is C15H17NO2S. The van der Waals surface area contributed by atoms with Crippen LogP contribution in [0.15, 0.2) is 23.2 Å². The maximum Gasteiger partial charge on any atom is 0.337 e. The molecule has 0 bridgehead atoms. The first kappa shape index (κ1) is 12.7. The maximum atomic E-state index is 11.6. The molecule has 0 radical (unpaired) electrons. The standard InChI is InChI=1S/C15H17NO2S/c1-18-15(17)11-5-6-12-10(9-11)3-2-4-13(12)14-16-7-8-19-14/h5-7,9,13-14H,2-4,8H2,1H3. The molecule has 1 aromatic carbocycles. The molecule has 1 aliphatic carbocycles. The van der Waals surface area contributed by atoms with Crippen LogP contribution < -0.4 is 0 Å². The van der Waals surface area contributed by atoms with Crippen molar-refractivity contribution >= 4 is 23.9 Å². The van der Waals surface area contributed by atoms with Crippen LogP contribution in [0.1, 0.15) is 40.2 Å². The van der Waals surface area contributed by atoms with Crippen LogP contribution >= 0.6 is 11.8 Å². The predicted octanol–water partition coefficient (Wildman–Crippen LogP) is 3.04. The Hall–Kier alpha value is -1.29. The molecule has 3 rings (SSSR count). The van der Waals surface area contributed by atoms with Crippen molar-refractivity contribution in [3.8, 4) is 0 Å². The van der Waals surface area contributed by atoms with E-state index < -0.39 is 0 Å². The molecule has 0 saturated heterocycles. The third kappa shape index (κ3) is 2.41. The number of benzene rings is 1. The summed E-state index contributed by atoms with van der Waals surface area (Å²) in [5, 5.41) is 0.364. The number of hydrogen-bond acceptors (Lipinski definition) is 4. The summed E-state index contributed by atoms with van der Waals surface area (Å²) in [6.45, 7) is 0. The van der Waals surface area contributed by atoms with E-state index in [1.807, 2.05) is 30.1 Å². The van der Waals surface area contributed by atoms with E-state index in [-0.39, 0.29) is 5.97 Å². The molecule has 2 aliphatic rings. The van der Waals surface area contributed by atoms with Crippen LogP contribution in [0.5, 0.6) is 0 Å². The van der Waals surface area contributed by atoms with E-state index >= 15 is 0 Å². The molecule has 1 heterocycles. The second kappa shape index (κ2) is 5.37. The summed E-state index contributed by atoms with van der Waals surface area (Å²) in [4.78, 5) is 16.2. The Bertz CT molecular complexity index is 527. The molecule has 1 aliphatic heterocycles. The number of methoxy groups -OCH3 is 1. The van der Waals surface area contributed by atoms with Gasteiger partial charge in [-0.1, -0.05) is 6.07 Å². The summed E-state index contributed by atoms with van der Waals surface area (Å²) in [7, 11) is 1.43. The molecule has 0 N–H and O–H groups in total. The number of nitrogens with zero attached hydrogens (tertiary/aromatic N) is 1. The fourth-order valence-corrected chi connectivity index (χ4v) is 4.00. The molecule has 0 aromatic heterocycles. The van der Waals surface area contributed by atoms with Gasteiger partial charge < -0.3 is 4.74 Å². The van der Waals surface area contributed by atoms with Crippen LogP contribution in [-0.2, 0) is 11.2 Å². The molecule has 19 heavy (non-hydrogen) atoms. The number of esters is 1. The first-order chi connectivity index (χ1) is 9.29. The molecule has 4 heteroatoms. The van der Waals surface area contributed by atoms with Crippen LogP contribution in [0.25, 0.3) is 0 Å². The number of carbonyl (C=O) groups excluding carboxylic acids is 1. The van der Waals surface area contributed by atoms with E-state index in [0.717, 1.165) is 12.2 Å². The lowest BCUT2D eigenvalue weighted by Gasteiger charge is -2.28. The SMILES string of the molecule is COC(=O)c1ccc2c(c1)CCCC2C1N=CCS1. The number of thioether (sulfide) groups is 1. The Kier molecular flexibility index (Phi) is 3.60. The summed E-state index contributed by atoms with van der Waals surface area (Å²) < 4.78 is 4.79. The maximum absolute atomic E-state index is 11.6. The smallest absolute Gasteiger partial charge is 0.337 e. The first-order valence-electron chi connectivity index (χ1n) is 6.64. The van der Waals surface area contributed by atoms with Gasteiger partial charge in [0.15, 0.2) is 0 Å². The normalized spacial score (nSPS) is 25.1. The monoisotopic (exact) mass is 275 g/mol. The van der Waals surface area contributed by atoms with E-state index in [2.05, 4.69) is 11.1 Å². The van der Waals surface area contributed by atoms with E-state index in [9.17, 15) is 4.79 Å². The third-order valence-corrected chi connectivity index (χ3v) is 5.00. The average molecular weight is 275 g/mol. The largest absolute Gasteiger partial charge is 0.465 e. The minimum atomic E-state index is -0.252. The molecule has 1 aromatic rings. The number of rotatable bonds is 2. The number of hydrogen-bond donors (Lipinski definition) is 0. The Morgan fingerprint density at radius 3 is 3.11 bits per heavy atom. The van der Waals surface area contributed by atoms with Crippen molar-refractivity contribution in [1.29, 1.82) is 0 Å². The summed E-state index contributed by atoms with van der Waals surface area (Å²) >= 11 is 1.91. The number of fused-ring (bicyclic) bond motifs is 1. The predicted molar refractivity (Wildman–Crippen MR) is 78.2 cm³/mol. The topological polar surface area (TPSA) is 38.7 Å². The van der Waals surface area contributed by atoms with Crippen molar-refractivity contribution in [2.45, 2.75) is 30.6 Å². The number of ether oxygens (including phenoxy) is 1. The van der Waals surface area contributed by atoms with Gasteiger partial charge in [-0.15, -0.1) is 11.8 Å². The number of aryl methyl sites for hydroxylation is 1. The summed E-state index contributed by atoms with van der Waals surface area (Å²) in [5.74, 6) is 1.27. The number of aliphatic imine (C=N–C) groups is 1. The van der Waals surface area contributed by atoms with Crippen molar-refractivity contribution in [1.82, 2.24) is 0 Å². The van der Waals surface area contributed by atoms with Crippen molar-refractivity contribution in [2.24, 2.45) is 4.99 Å². The summed E-state index contributed by atoms with van der Waals surface area (Å²) in [6.07, 6.45) is 5.44. The molecule has 0 amide bonds. The lowest BCUT2D eigenvalue weighted by molar-refractivity contribution is 0.0600. The zero-order valence-electron chi connectivity index (χ0n) is 11.0. The summed E-state index contributed by atoms with van der Waals surface area (Å²) in [5.41, 5.74) is 3.32. The van der Waals surface area contributed by atoms with Crippen molar-refractivity contribution in [2.75, 3.05) is 12.9 Å². The second-order valence-electron chi connectivity index (χ2n) is 4.96. The van der Waals surface area contributed by atoms with E-state index in [1.165, 1.54) is 31.1 Å². The van der Waals surface area contributed by atoms with Gasteiger partial charge in [-0.2, -0.15) is 0 Å². The minimum Gasteiger partial charge on any atom is -0.465 e. The van der Waals surface area contributed by atoms with E-state index in [1.54, 1.807) is 0 Å². The van der Waals surface area contributed by atoms with E-state index in [0.29, 0.717) is 16.9 Å². The first-order valence-corrected chi connectivity index (χ1v) is 7.69. The molecule has 0 spiro atoms. The zero-order valence-corrected chi connectivity index (χ0v) is 11.8. The highest BCUT2D eigenvalue weighted by Gasteiger charge is 2.29. The highest BCUT2D eigenvalue weighted by atomic mass is 32.2. The van der Waals surface area contributed by atoms with Gasteiger partial charge in [0.05, 0.1) is 12.7 Å². The van der Waals surface area contributed by atoms with Crippen LogP contribution in [0.3, 0.4) is 0 Å². The Morgan fingerprint density at radius 2 is 2.37 bits per heavy atom. The Balaban J connectivity index is 1.92. The number of carbonyl (C=O) groups is 1. The average Bonchev–Trinajstić information content (AvgIpc) is 2.99. The van der Waals surface area contributed by atoms with E-state index in [4.69, 9.17) is 4.74 Å². The van der Waals surface area contributed by atoms with Crippen LogP contribution in [0, 0.1) is 0 Å². The van der Waals surface area contributed by atoms with Crippen molar-refractivity contribution < 1.29 is 9.53 Å². The summed E-state index contributed by atoms with van der Waals surface area (Å²) in [6, 6.07) is 5.97. The fourth-order valence-electron chi connectivity index (χ4n) is 2.94. The van der Waals surface area contributed by atoms with Gasteiger partial charge in [-0.3, -0.25) is 4.99 Å². The lowest BCUT2D eigenvalue weighted by atomic mass is 9.82. The third-order valence-electron chi connectivity index (χ3n) is 3.86. The molecule has 0 fully saturated rings. The Labute approximate surface area is 117 Å². The van der Waals surface area contributed by atoms with Gasteiger partial charge in [-0.25, -0.2) is 4.79 Å². The highest BCUT2D eigenvalue weighted by molar-refractivity contribution is 8.00. The van der Waals surface area contributed by atoms with Gasteiger partial charge >= 0.3 is 5.97 Å². The van der Waals surface area contributed by atoms with Gasteiger partial charge in [0.25, 0.3) is 0 Å². The minimum absolute atomic E-state index is 0.252. The fraction of sp³-hybridized carbons (Fsp3) is 0.467. The van der Waals surface area contributed by atoms with Crippen molar-refractivity contribution in [3.63, 3.8) is 0 Å². The molecular weight excluding hydrogens is 258 g/mol. The second-order valence-corrected chi connectivity index (χ2v) is 6.11. The lowest BCUT2D eigenvalue weighted by Crippen LogP contribution is -2.18. The van der Waals surface area contributed by atoms with Gasteiger partial charge in [-0.05, 0) is 42.5 Å². The Morgan fingerprint density at radius 1 is 1.47 bits per heavy atom. The molecule has 3 nitrogen and oxygen atoms in total.